The van der Waals surface area contributed by atoms with E-state index in [1.54, 1.807) is 23.1 Å². The number of thiophene rings is 1. The van der Waals surface area contributed by atoms with E-state index in [9.17, 15) is 4.79 Å². The first kappa shape index (κ1) is 13.6. The number of hydrogen-bond donors (Lipinski definition) is 0. The molecule has 96 valence electrons. The molecule has 18 heavy (non-hydrogen) atoms. The van der Waals surface area contributed by atoms with Gasteiger partial charge < -0.3 is 0 Å². The van der Waals surface area contributed by atoms with Crippen molar-refractivity contribution >= 4 is 39.0 Å². The summed E-state index contributed by atoms with van der Waals surface area (Å²) in [6.07, 6.45) is 0.705. The van der Waals surface area contributed by atoms with Gasteiger partial charge in [0.15, 0.2) is 0 Å². The lowest BCUT2D eigenvalue weighted by atomic mass is 10.1. The van der Waals surface area contributed by atoms with Gasteiger partial charge in [-0.2, -0.15) is 0 Å². The molecule has 0 bridgehead atoms. The SMILES string of the molecule is CC(C)CC(=O)CSCc1ccc2sccc2c1. The summed E-state index contributed by atoms with van der Waals surface area (Å²) in [5, 5.41) is 3.43. The lowest BCUT2D eigenvalue weighted by Gasteiger charge is -2.04. The number of carbonyl (C=O) groups excluding carboxylic acids is 1. The Kier molecular flexibility index (Phi) is 4.84. The second-order valence-electron chi connectivity index (χ2n) is 4.92. The van der Waals surface area contributed by atoms with Crippen molar-refractivity contribution in [3.8, 4) is 0 Å². The Labute approximate surface area is 117 Å². The summed E-state index contributed by atoms with van der Waals surface area (Å²) in [5.41, 5.74) is 1.31. The lowest BCUT2D eigenvalue weighted by molar-refractivity contribution is -0.117. The second-order valence-corrected chi connectivity index (χ2v) is 6.86. The molecule has 1 aromatic carbocycles. The van der Waals surface area contributed by atoms with Gasteiger partial charge in [-0.3, -0.25) is 4.79 Å². The highest BCUT2D eigenvalue weighted by Crippen LogP contribution is 2.23. The smallest absolute Gasteiger partial charge is 0.143 e. The summed E-state index contributed by atoms with van der Waals surface area (Å²) < 4.78 is 1.33. The van der Waals surface area contributed by atoms with Crippen molar-refractivity contribution in [2.24, 2.45) is 5.92 Å². The highest BCUT2D eigenvalue weighted by molar-refractivity contribution is 7.99. The standard InChI is InChI=1S/C15H18OS2/c1-11(2)7-14(16)10-17-9-12-3-4-15-13(8-12)5-6-18-15/h3-6,8,11H,7,9-10H2,1-2H3. The van der Waals surface area contributed by atoms with Crippen LogP contribution >= 0.6 is 23.1 Å². The Balaban J connectivity index is 1.84. The number of fused-ring (bicyclic) bond motifs is 1. The minimum absolute atomic E-state index is 0.367. The fourth-order valence-corrected chi connectivity index (χ4v) is 3.54. The van der Waals surface area contributed by atoms with E-state index in [1.807, 2.05) is 0 Å². The number of ketones is 1. The monoisotopic (exact) mass is 278 g/mol. The predicted octanol–water partition coefficient (Wildman–Crippen LogP) is 4.75. The zero-order valence-electron chi connectivity index (χ0n) is 10.8. The van der Waals surface area contributed by atoms with E-state index < -0.39 is 0 Å². The molecule has 1 nitrogen and oxygen atoms in total. The van der Waals surface area contributed by atoms with Crippen molar-refractivity contribution in [2.45, 2.75) is 26.0 Å². The maximum absolute atomic E-state index is 11.6. The summed E-state index contributed by atoms with van der Waals surface area (Å²) in [4.78, 5) is 11.6. The fourth-order valence-electron chi connectivity index (χ4n) is 1.90. The van der Waals surface area contributed by atoms with Crippen molar-refractivity contribution in [2.75, 3.05) is 5.75 Å². The van der Waals surface area contributed by atoms with Gasteiger partial charge in [-0.05, 0) is 40.4 Å². The maximum Gasteiger partial charge on any atom is 0.143 e. The fraction of sp³-hybridized carbons (Fsp3) is 0.400. The molecule has 0 aliphatic heterocycles. The average molecular weight is 278 g/mol. The average Bonchev–Trinajstić information content (AvgIpc) is 2.75. The molecule has 3 heteroatoms. The van der Waals surface area contributed by atoms with E-state index in [4.69, 9.17) is 0 Å². The highest BCUT2D eigenvalue weighted by Gasteiger charge is 2.05. The van der Waals surface area contributed by atoms with E-state index >= 15 is 0 Å². The molecule has 0 saturated carbocycles. The Morgan fingerprint density at radius 1 is 1.33 bits per heavy atom. The third-order valence-corrected chi connectivity index (χ3v) is 4.65. The molecule has 0 radical (unpaired) electrons. The van der Waals surface area contributed by atoms with Crippen molar-refractivity contribution in [1.82, 2.24) is 0 Å². The van der Waals surface area contributed by atoms with Gasteiger partial charge in [0.2, 0.25) is 0 Å². The predicted molar refractivity (Wildman–Crippen MR) is 82.4 cm³/mol. The summed E-state index contributed by atoms with van der Waals surface area (Å²) in [6, 6.07) is 8.72. The molecular formula is C15H18OS2. The summed E-state index contributed by atoms with van der Waals surface area (Å²) in [5.74, 6) is 2.40. The van der Waals surface area contributed by atoms with E-state index in [0.29, 0.717) is 23.9 Å². The molecule has 0 aliphatic carbocycles. The first-order valence-corrected chi connectivity index (χ1v) is 8.24. The normalized spacial score (nSPS) is 11.3. The van der Waals surface area contributed by atoms with E-state index in [0.717, 1.165) is 5.75 Å². The number of benzene rings is 1. The van der Waals surface area contributed by atoms with Crippen molar-refractivity contribution in [3.05, 3.63) is 35.2 Å². The summed E-state index contributed by atoms with van der Waals surface area (Å²) in [7, 11) is 0. The Morgan fingerprint density at radius 3 is 2.94 bits per heavy atom. The third kappa shape index (κ3) is 3.85. The lowest BCUT2D eigenvalue weighted by Crippen LogP contribution is -2.05. The minimum Gasteiger partial charge on any atom is -0.299 e. The molecule has 0 atom stereocenters. The molecule has 0 amide bonds. The molecular weight excluding hydrogens is 260 g/mol. The first-order valence-electron chi connectivity index (χ1n) is 6.20. The van der Waals surface area contributed by atoms with Crippen LogP contribution in [0.4, 0.5) is 0 Å². The molecule has 2 rings (SSSR count). The Hall–Kier alpha value is -0.800. The van der Waals surface area contributed by atoms with Gasteiger partial charge in [-0.25, -0.2) is 0 Å². The van der Waals surface area contributed by atoms with Crippen LogP contribution in [0, 0.1) is 5.92 Å². The van der Waals surface area contributed by atoms with Crippen molar-refractivity contribution in [3.63, 3.8) is 0 Å². The number of thioether (sulfide) groups is 1. The highest BCUT2D eigenvalue weighted by atomic mass is 32.2. The number of rotatable bonds is 6. The minimum atomic E-state index is 0.367. The molecule has 1 aromatic heterocycles. The zero-order chi connectivity index (χ0) is 13.0. The number of carbonyl (C=O) groups is 1. The van der Waals surface area contributed by atoms with Crippen LogP contribution in [-0.2, 0) is 10.5 Å². The van der Waals surface area contributed by atoms with Gasteiger partial charge in [-0.15, -0.1) is 23.1 Å². The molecule has 0 unspecified atom stereocenters. The third-order valence-electron chi connectivity index (χ3n) is 2.68. The van der Waals surface area contributed by atoms with Gasteiger partial charge >= 0.3 is 0 Å². The molecule has 0 spiro atoms. The van der Waals surface area contributed by atoms with Crippen LogP contribution in [0.5, 0.6) is 0 Å². The van der Waals surface area contributed by atoms with Crippen LogP contribution in [0.1, 0.15) is 25.8 Å². The molecule has 1 heterocycles. The van der Waals surface area contributed by atoms with Crippen LogP contribution < -0.4 is 0 Å². The topological polar surface area (TPSA) is 17.1 Å². The van der Waals surface area contributed by atoms with Gasteiger partial charge in [0.05, 0.1) is 5.75 Å². The molecule has 0 N–H and O–H groups in total. The summed E-state index contributed by atoms with van der Waals surface area (Å²) in [6.45, 7) is 4.18. The van der Waals surface area contributed by atoms with Crippen molar-refractivity contribution in [1.29, 1.82) is 0 Å². The Morgan fingerprint density at radius 2 is 2.17 bits per heavy atom. The van der Waals surface area contributed by atoms with Crippen LogP contribution in [0.25, 0.3) is 10.1 Å². The maximum atomic E-state index is 11.6. The van der Waals surface area contributed by atoms with Crippen LogP contribution in [0.2, 0.25) is 0 Å². The van der Waals surface area contributed by atoms with E-state index in [2.05, 4.69) is 43.5 Å². The zero-order valence-corrected chi connectivity index (χ0v) is 12.4. The van der Waals surface area contributed by atoms with Gasteiger partial charge in [-0.1, -0.05) is 19.9 Å². The van der Waals surface area contributed by atoms with Gasteiger partial charge in [0.25, 0.3) is 0 Å². The van der Waals surface area contributed by atoms with Gasteiger partial charge in [0.1, 0.15) is 5.78 Å². The Bertz CT molecular complexity index is 528. The van der Waals surface area contributed by atoms with Crippen molar-refractivity contribution < 1.29 is 4.79 Å². The molecule has 0 aliphatic rings. The molecule has 2 aromatic rings. The molecule has 0 saturated heterocycles. The molecule has 0 fully saturated rings. The van der Waals surface area contributed by atoms with Crippen LogP contribution in [-0.4, -0.2) is 11.5 Å². The second kappa shape index (κ2) is 6.39. The van der Waals surface area contributed by atoms with E-state index in [1.165, 1.54) is 15.6 Å². The van der Waals surface area contributed by atoms with Crippen LogP contribution in [0.15, 0.2) is 29.6 Å². The number of Topliss-reactive ketones (excluding diaryl/α,β-unsaturated/α-hetero) is 1. The largest absolute Gasteiger partial charge is 0.299 e. The van der Waals surface area contributed by atoms with E-state index in [-0.39, 0.29) is 0 Å². The first-order chi connectivity index (χ1) is 8.65. The number of hydrogen-bond acceptors (Lipinski definition) is 3. The quantitative estimate of drug-likeness (QED) is 0.758. The summed E-state index contributed by atoms with van der Waals surface area (Å²) >= 11 is 3.49. The van der Waals surface area contributed by atoms with Crippen LogP contribution in [0.3, 0.4) is 0 Å². The van der Waals surface area contributed by atoms with Gasteiger partial charge in [0, 0.05) is 16.9 Å².